The van der Waals surface area contributed by atoms with E-state index in [1.807, 2.05) is 0 Å². The van der Waals surface area contributed by atoms with Gasteiger partial charge in [-0.1, -0.05) is 0 Å². The highest BCUT2D eigenvalue weighted by molar-refractivity contribution is 6.01. The number of methoxy groups -OCH3 is 1. The van der Waals surface area contributed by atoms with Crippen LogP contribution in [0.15, 0.2) is 12.1 Å². The number of aliphatic carboxylic acids is 2. The Bertz CT molecular complexity index is 542. The number of ether oxygens (including phenoxy) is 1. The van der Waals surface area contributed by atoms with Crippen LogP contribution in [0.2, 0.25) is 0 Å². The number of nitrogens with two attached hydrogens (primary N) is 1. The van der Waals surface area contributed by atoms with E-state index < -0.39 is 35.2 Å². The van der Waals surface area contributed by atoms with Crippen molar-refractivity contribution >= 4 is 23.6 Å². The van der Waals surface area contributed by atoms with Crippen LogP contribution in [0.5, 0.6) is 0 Å². The molecular formula is C11H10FNO6. The second-order valence-electron chi connectivity index (χ2n) is 3.56. The molecule has 0 unspecified atom stereocenters. The number of hydrogen-bond acceptors (Lipinski definition) is 5. The predicted molar refractivity (Wildman–Crippen MR) is 60.2 cm³/mol. The summed E-state index contributed by atoms with van der Waals surface area (Å²) in [6.45, 7) is 0. The number of halogens is 1. The first-order valence-electron chi connectivity index (χ1n) is 4.92. The minimum atomic E-state index is -2.00. The summed E-state index contributed by atoms with van der Waals surface area (Å²) in [4.78, 5) is 33.0. The second kappa shape index (κ2) is 5.34. The Kier molecular flexibility index (Phi) is 4.05. The van der Waals surface area contributed by atoms with Gasteiger partial charge in [-0.2, -0.15) is 0 Å². The topological polar surface area (TPSA) is 127 Å². The van der Waals surface area contributed by atoms with Crippen molar-refractivity contribution in [2.45, 2.75) is 5.92 Å². The van der Waals surface area contributed by atoms with Crippen LogP contribution in [0.4, 0.5) is 10.1 Å². The number of carbonyl (C=O) groups is 3. The lowest BCUT2D eigenvalue weighted by Gasteiger charge is -2.12. The van der Waals surface area contributed by atoms with Gasteiger partial charge in [-0.3, -0.25) is 9.59 Å². The van der Waals surface area contributed by atoms with Crippen molar-refractivity contribution in [1.29, 1.82) is 0 Å². The Balaban J connectivity index is 3.47. The number of carbonyl (C=O) groups excluding carboxylic acids is 1. The van der Waals surface area contributed by atoms with Crippen LogP contribution in [0.25, 0.3) is 0 Å². The van der Waals surface area contributed by atoms with Gasteiger partial charge in [-0.15, -0.1) is 0 Å². The Hall–Kier alpha value is -2.64. The third-order valence-electron chi connectivity index (χ3n) is 2.38. The number of rotatable bonds is 4. The highest BCUT2D eigenvalue weighted by Gasteiger charge is 2.31. The summed E-state index contributed by atoms with van der Waals surface area (Å²) in [6, 6.07) is 1.45. The van der Waals surface area contributed by atoms with Crippen molar-refractivity contribution in [2.75, 3.05) is 12.8 Å². The van der Waals surface area contributed by atoms with Crippen LogP contribution in [0.1, 0.15) is 21.8 Å². The van der Waals surface area contributed by atoms with E-state index in [-0.39, 0.29) is 11.3 Å². The van der Waals surface area contributed by atoms with Gasteiger partial charge in [0.1, 0.15) is 5.82 Å². The molecule has 102 valence electrons. The molecule has 0 fully saturated rings. The van der Waals surface area contributed by atoms with E-state index in [1.54, 1.807) is 0 Å². The molecule has 0 aliphatic rings. The average molecular weight is 271 g/mol. The smallest absolute Gasteiger partial charge is 0.340 e. The molecule has 1 rings (SSSR count). The van der Waals surface area contributed by atoms with Crippen molar-refractivity contribution in [3.63, 3.8) is 0 Å². The summed E-state index contributed by atoms with van der Waals surface area (Å²) in [5.41, 5.74) is 4.04. The van der Waals surface area contributed by atoms with E-state index in [2.05, 4.69) is 4.74 Å². The van der Waals surface area contributed by atoms with E-state index in [0.29, 0.717) is 6.07 Å². The van der Waals surface area contributed by atoms with Crippen LogP contribution in [-0.2, 0) is 14.3 Å². The molecule has 0 aliphatic heterocycles. The summed E-state index contributed by atoms with van der Waals surface area (Å²) in [7, 11) is 1.00. The monoisotopic (exact) mass is 271 g/mol. The van der Waals surface area contributed by atoms with Crippen molar-refractivity contribution < 1.29 is 33.7 Å². The molecule has 0 heterocycles. The molecule has 0 radical (unpaired) electrons. The van der Waals surface area contributed by atoms with Crippen LogP contribution in [0.3, 0.4) is 0 Å². The molecule has 0 aromatic heterocycles. The van der Waals surface area contributed by atoms with E-state index in [4.69, 9.17) is 15.9 Å². The summed E-state index contributed by atoms with van der Waals surface area (Å²) in [5.74, 6) is -7.44. The van der Waals surface area contributed by atoms with Gasteiger partial charge in [-0.05, 0) is 12.1 Å². The lowest BCUT2D eigenvalue weighted by molar-refractivity contribution is -0.150. The third kappa shape index (κ3) is 2.79. The molecule has 0 bridgehead atoms. The molecule has 8 heteroatoms. The van der Waals surface area contributed by atoms with E-state index in [1.165, 1.54) is 0 Å². The van der Waals surface area contributed by atoms with Crippen molar-refractivity contribution in [2.24, 2.45) is 0 Å². The molecule has 0 amide bonds. The van der Waals surface area contributed by atoms with Gasteiger partial charge in [0.05, 0.1) is 12.7 Å². The Labute approximate surface area is 106 Å². The fraction of sp³-hybridized carbons (Fsp3) is 0.182. The number of benzene rings is 1. The number of nitrogen functional groups attached to an aromatic ring is 1. The number of esters is 1. The molecule has 0 atom stereocenters. The quantitative estimate of drug-likeness (QED) is 0.412. The Morgan fingerprint density at radius 2 is 1.79 bits per heavy atom. The van der Waals surface area contributed by atoms with E-state index in [9.17, 15) is 18.8 Å². The van der Waals surface area contributed by atoms with Gasteiger partial charge in [0, 0.05) is 11.3 Å². The largest absolute Gasteiger partial charge is 0.480 e. The van der Waals surface area contributed by atoms with Crippen LogP contribution in [0, 0.1) is 5.82 Å². The number of hydrogen-bond donors (Lipinski definition) is 3. The number of carboxylic acid groups (broad SMARTS) is 2. The molecule has 0 saturated carbocycles. The van der Waals surface area contributed by atoms with E-state index in [0.717, 1.165) is 13.2 Å². The first kappa shape index (κ1) is 14.4. The molecule has 0 aliphatic carbocycles. The summed E-state index contributed by atoms with van der Waals surface area (Å²) in [6.07, 6.45) is 0. The molecule has 7 nitrogen and oxygen atoms in total. The van der Waals surface area contributed by atoms with Crippen molar-refractivity contribution in [1.82, 2.24) is 0 Å². The first-order chi connectivity index (χ1) is 8.79. The molecule has 0 spiro atoms. The normalized spacial score (nSPS) is 10.3. The fourth-order valence-corrected chi connectivity index (χ4v) is 1.49. The van der Waals surface area contributed by atoms with Crippen LogP contribution >= 0.6 is 0 Å². The minimum absolute atomic E-state index is 0.375. The molecule has 19 heavy (non-hydrogen) atoms. The maximum Gasteiger partial charge on any atom is 0.340 e. The predicted octanol–water partition coefficient (Wildman–Crippen LogP) is 0.447. The van der Waals surface area contributed by atoms with Gasteiger partial charge >= 0.3 is 17.9 Å². The first-order valence-corrected chi connectivity index (χ1v) is 4.92. The number of anilines is 1. The van der Waals surface area contributed by atoms with Gasteiger partial charge in [0.15, 0.2) is 5.92 Å². The highest BCUT2D eigenvalue weighted by atomic mass is 19.1. The lowest BCUT2D eigenvalue weighted by Crippen LogP contribution is -2.23. The maximum atomic E-state index is 13.5. The van der Waals surface area contributed by atoms with Gasteiger partial charge in [-0.25, -0.2) is 9.18 Å². The van der Waals surface area contributed by atoms with E-state index >= 15 is 0 Å². The number of carboxylic acids is 2. The van der Waals surface area contributed by atoms with Gasteiger partial charge in [0.25, 0.3) is 0 Å². The van der Waals surface area contributed by atoms with Gasteiger partial charge < -0.3 is 20.7 Å². The highest BCUT2D eigenvalue weighted by Crippen LogP contribution is 2.27. The SMILES string of the molecule is COC(=O)c1cc(C(C(=O)O)C(=O)O)c(N)cc1F. The fourth-order valence-electron chi connectivity index (χ4n) is 1.49. The second-order valence-corrected chi connectivity index (χ2v) is 3.56. The zero-order chi connectivity index (χ0) is 14.7. The van der Waals surface area contributed by atoms with Crippen molar-refractivity contribution in [3.05, 3.63) is 29.1 Å². The third-order valence-corrected chi connectivity index (χ3v) is 2.38. The summed E-state index contributed by atoms with van der Waals surface area (Å²) in [5, 5.41) is 17.7. The van der Waals surface area contributed by atoms with Crippen LogP contribution < -0.4 is 5.73 Å². The Morgan fingerprint density at radius 1 is 1.26 bits per heavy atom. The summed E-state index contributed by atoms with van der Waals surface area (Å²) < 4.78 is 17.8. The van der Waals surface area contributed by atoms with Crippen molar-refractivity contribution in [3.8, 4) is 0 Å². The molecular weight excluding hydrogens is 261 g/mol. The maximum absolute atomic E-state index is 13.5. The standard InChI is InChI=1S/C11H10FNO6/c1-19-11(18)4-2-5(7(13)3-6(4)12)8(9(14)15)10(16)17/h2-3,8H,13H2,1H3,(H,14,15)(H,16,17). The molecule has 0 saturated heterocycles. The zero-order valence-corrected chi connectivity index (χ0v) is 9.71. The lowest BCUT2D eigenvalue weighted by atomic mass is 9.95. The average Bonchev–Trinajstić information content (AvgIpc) is 2.30. The molecule has 4 N–H and O–H groups in total. The van der Waals surface area contributed by atoms with Gasteiger partial charge in [0.2, 0.25) is 0 Å². The molecule has 1 aromatic carbocycles. The zero-order valence-electron chi connectivity index (χ0n) is 9.71. The minimum Gasteiger partial charge on any atom is -0.480 e. The van der Waals surface area contributed by atoms with Crippen LogP contribution in [-0.4, -0.2) is 35.2 Å². The Morgan fingerprint density at radius 3 is 2.21 bits per heavy atom. The molecule has 1 aromatic rings. The summed E-state index contributed by atoms with van der Waals surface area (Å²) >= 11 is 0.